The van der Waals surface area contributed by atoms with Crippen LogP contribution in [0, 0.1) is 0 Å². The molecule has 1 aliphatic heterocycles. The third kappa shape index (κ3) is 2.39. The molecular formula is C15H17NO3S. The average Bonchev–Trinajstić information content (AvgIpc) is 2.96. The van der Waals surface area contributed by atoms with E-state index in [2.05, 4.69) is 5.32 Å². The van der Waals surface area contributed by atoms with Gasteiger partial charge < -0.3 is 9.73 Å². The van der Waals surface area contributed by atoms with Crippen molar-refractivity contribution in [3.8, 4) is 0 Å². The van der Waals surface area contributed by atoms with Crippen molar-refractivity contribution in [1.82, 2.24) is 5.32 Å². The Balaban J connectivity index is 1.89. The zero-order chi connectivity index (χ0) is 14.2. The Labute approximate surface area is 118 Å². The monoisotopic (exact) mass is 291 g/mol. The van der Waals surface area contributed by atoms with Crippen LogP contribution in [0.4, 0.5) is 0 Å². The molecule has 2 atom stereocenters. The summed E-state index contributed by atoms with van der Waals surface area (Å²) in [7, 11) is -3.13. The van der Waals surface area contributed by atoms with Gasteiger partial charge in [0.1, 0.15) is 5.76 Å². The second-order valence-electron chi connectivity index (χ2n) is 5.10. The fourth-order valence-corrected chi connectivity index (χ4v) is 4.31. The number of furan rings is 1. The summed E-state index contributed by atoms with van der Waals surface area (Å²) in [4.78, 5) is 0.454. The molecule has 5 heteroatoms. The van der Waals surface area contributed by atoms with Crippen LogP contribution in [-0.2, 0) is 9.84 Å². The highest BCUT2D eigenvalue weighted by Gasteiger charge is 2.30. The van der Waals surface area contributed by atoms with E-state index in [1.54, 1.807) is 18.4 Å². The van der Waals surface area contributed by atoms with E-state index in [1.165, 1.54) is 0 Å². The first-order valence-electron chi connectivity index (χ1n) is 6.69. The van der Waals surface area contributed by atoms with Crippen molar-refractivity contribution in [3.63, 3.8) is 0 Å². The first-order chi connectivity index (χ1) is 9.58. The minimum atomic E-state index is -3.13. The van der Waals surface area contributed by atoms with E-state index >= 15 is 0 Å². The Hall–Kier alpha value is -1.59. The van der Waals surface area contributed by atoms with Crippen LogP contribution in [0.2, 0.25) is 0 Å². The van der Waals surface area contributed by atoms with Gasteiger partial charge in [0.25, 0.3) is 0 Å². The summed E-state index contributed by atoms with van der Waals surface area (Å²) in [6.45, 7) is 2.02. The number of sulfone groups is 1. The molecule has 20 heavy (non-hydrogen) atoms. The van der Waals surface area contributed by atoms with Gasteiger partial charge in [-0.15, -0.1) is 0 Å². The van der Waals surface area contributed by atoms with Gasteiger partial charge in [-0.2, -0.15) is 0 Å². The fourth-order valence-electron chi connectivity index (χ4n) is 2.68. The van der Waals surface area contributed by atoms with Gasteiger partial charge in [0.05, 0.1) is 23.0 Å². The summed E-state index contributed by atoms with van der Waals surface area (Å²) in [5.74, 6) is 1.04. The van der Waals surface area contributed by atoms with Gasteiger partial charge in [0, 0.05) is 6.04 Å². The van der Waals surface area contributed by atoms with E-state index in [4.69, 9.17) is 4.42 Å². The normalized spacial score (nSPS) is 22.1. The second kappa shape index (κ2) is 5.07. The quantitative estimate of drug-likeness (QED) is 0.944. The number of benzene rings is 1. The number of rotatable bonds is 3. The van der Waals surface area contributed by atoms with Crippen molar-refractivity contribution < 1.29 is 12.8 Å². The van der Waals surface area contributed by atoms with E-state index in [9.17, 15) is 8.42 Å². The second-order valence-corrected chi connectivity index (χ2v) is 7.18. The highest BCUT2D eigenvalue weighted by Crippen LogP contribution is 2.33. The van der Waals surface area contributed by atoms with Crippen LogP contribution in [0.1, 0.15) is 36.8 Å². The molecule has 2 heterocycles. The number of hydrogen-bond acceptors (Lipinski definition) is 4. The number of hydrogen-bond donors (Lipinski definition) is 1. The van der Waals surface area contributed by atoms with Gasteiger partial charge in [-0.1, -0.05) is 18.2 Å². The van der Waals surface area contributed by atoms with E-state index in [0.717, 1.165) is 11.3 Å². The van der Waals surface area contributed by atoms with Gasteiger partial charge in [-0.3, -0.25) is 0 Å². The smallest absolute Gasteiger partial charge is 0.178 e. The maximum atomic E-state index is 12.1. The zero-order valence-electron chi connectivity index (χ0n) is 11.2. The van der Waals surface area contributed by atoms with E-state index < -0.39 is 9.84 Å². The molecule has 1 aromatic carbocycles. The summed E-state index contributed by atoms with van der Waals surface area (Å²) in [5, 5.41) is 3.46. The van der Waals surface area contributed by atoms with Gasteiger partial charge in [0.2, 0.25) is 0 Å². The highest BCUT2D eigenvalue weighted by molar-refractivity contribution is 7.91. The Bertz CT molecular complexity index is 692. The molecule has 0 aliphatic carbocycles. The van der Waals surface area contributed by atoms with Crippen LogP contribution in [0.25, 0.3) is 0 Å². The third-order valence-electron chi connectivity index (χ3n) is 3.73. The summed E-state index contributed by atoms with van der Waals surface area (Å²) in [6.07, 6.45) is 2.23. The molecule has 1 aliphatic rings. The molecule has 1 N–H and O–H groups in total. The number of fused-ring (bicyclic) bond motifs is 1. The molecular weight excluding hydrogens is 274 g/mol. The standard InChI is InChI=1S/C15H17NO3S/c1-11(14-6-4-9-19-14)16-13-8-10-20(17,18)15-7-3-2-5-12(13)15/h2-7,9,11,13,16H,8,10H2,1H3/t11-,13?/m0/s1. The van der Waals surface area contributed by atoms with Crippen LogP contribution in [0.15, 0.2) is 52.0 Å². The molecule has 106 valence electrons. The lowest BCUT2D eigenvalue weighted by atomic mass is 10.0. The summed E-state index contributed by atoms with van der Waals surface area (Å²) in [6, 6.07) is 11.1. The van der Waals surface area contributed by atoms with Gasteiger partial charge >= 0.3 is 0 Å². The molecule has 0 bridgehead atoms. The van der Waals surface area contributed by atoms with Crippen molar-refractivity contribution in [1.29, 1.82) is 0 Å². The maximum absolute atomic E-state index is 12.1. The summed E-state index contributed by atoms with van der Waals surface area (Å²) < 4.78 is 29.6. The first kappa shape index (κ1) is 13.4. The van der Waals surface area contributed by atoms with Gasteiger partial charge in [-0.05, 0) is 37.1 Å². The molecule has 0 spiro atoms. The van der Waals surface area contributed by atoms with Crippen molar-refractivity contribution in [2.24, 2.45) is 0 Å². The number of nitrogens with one attached hydrogen (secondary N) is 1. The van der Waals surface area contributed by atoms with Crippen molar-refractivity contribution in [3.05, 3.63) is 54.0 Å². The van der Waals surface area contributed by atoms with Gasteiger partial charge in [-0.25, -0.2) is 8.42 Å². The lowest BCUT2D eigenvalue weighted by Crippen LogP contribution is -2.31. The molecule has 2 aromatic rings. The Morgan fingerprint density at radius 2 is 2.05 bits per heavy atom. The lowest BCUT2D eigenvalue weighted by Gasteiger charge is -2.28. The Kier molecular flexibility index (Phi) is 3.40. The van der Waals surface area contributed by atoms with Crippen LogP contribution in [0.5, 0.6) is 0 Å². The summed E-state index contributed by atoms with van der Waals surface area (Å²) in [5.41, 5.74) is 0.858. The molecule has 0 radical (unpaired) electrons. The molecule has 0 saturated heterocycles. The molecule has 1 aromatic heterocycles. The largest absolute Gasteiger partial charge is 0.468 e. The molecule has 0 amide bonds. The summed E-state index contributed by atoms with van der Waals surface area (Å²) >= 11 is 0. The maximum Gasteiger partial charge on any atom is 0.178 e. The topological polar surface area (TPSA) is 59.3 Å². The van der Waals surface area contributed by atoms with E-state index in [0.29, 0.717) is 11.3 Å². The molecule has 0 fully saturated rings. The van der Waals surface area contributed by atoms with Crippen LogP contribution in [0.3, 0.4) is 0 Å². The Morgan fingerprint density at radius 3 is 2.80 bits per heavy atom. The molecule has 4 nitrogen and oxygen atoms in total. The van der Waals surface area contributed by atoms with Gasteiger partial charge in [0.15, 0.2) is 9.84 Å². The van der Waals surface area contributed by atoms with Crippen LogP contribution >= 0.6 is 0 Å². The lowest BCUT2D eigenvalue weighted by molar-refractivity contribution is 0.381. The highest BCUT2D eigenvalue weighted by atomic mass is 32.2. The fraction of sp³-hybridized carbons (Fsp3) is 0.333. The van der Waals surface area contributed by atoms with Crippen molar-refractivity contribution in [2.75, 3.05) is 5.75 Å². The first-order valence-corrected chi connectivity index (χ1v) is 8.34. The van der Waals surface area contributed by atoms with Crippen LogP contribution < -0.4 is 5.32 Å². The molecule has 3 rings (SSSR count). The minimum absolute atomic E-state index is 0.0369. The SMILES string of the molecule is C[C@H](NC1CCS(=O)(=O)c2ccccc21)c1ccco1. The predicted octanol–water partition coefficient (Wildman–Crippen LogP) is 2.85. The molecule has 0 saturated carbocycles. The van der Waals surface area contributed by atoms with E-state index in [1.807, 2.05) is 31.2 Å². The average molecular weight is 291 g/mol. The Morgan fingerprint density at radius 1 is 1.25 bits per heavy atom. The minimum Gasteiger partial charge on any atom is -0.468 e. The van der Waals surface area contributed by atoms with E-state index in [-0.39, 0.29) is 17.8 Å². The van der Waals surface area contributed by atoms with Crippen molar-refractivity contribution >= 4 is 9.84 Å². The van der Waals surface area contributed by atoms with Crippen molar-refractivity contribution in [2.45, 2.75) is 30.3 Å². The predicted molar refractivity (Wildman–Crippen MR) is 76.1 cm³/mol. The zero-order valence-corrected chi connectivity index (χ0v) is 12.1. The third-order valence-corrected chi connectivity index (χ3v) is 5.54. The molecule has 1 unspecified atom stereocenters. The van der Waals surface area contributed by atoms with Crippen LogP contribution in [-0.4, -0.2) is 14.2 Å².